The first-order valence-electron chi connectivity index (χ1n) is 13.0. The number of aliphatic hydroxyl groups is 1. The lowest BCUT2D eigenvalue weighted by Crippen LogP contribution is -2.59. The zero-order chi connectivity index (χ0) is 28.6. The Balaban J connectivity index is 1.87. The van der Waals surface area contributed by atoms with Gasteiger partial charge in [-0.15, -0.1) is 10.2 Å². The van der Waals surface area contributed by atoms with E-state index in [0.29, 0.717) is 12.0 Å². The Morgan fingerprint density at radius 1 is 1.15 bits per heavy atom. The first-order valence-corrected chi connectivity index (χ1v) is 13.0. The van der Waals surface area contributed by atoms with Crippen molar-refractivity contribution < 1.29 is 28.6 Å². The summed E-state index contributed by atoms with van der Waals surface area (Å²) in [5.41, 5.74) is 0.650. The Labute approximate surface area is 227 Å². The van der Waals surface area contributed by atoms with Crippen molar-refractivity contribution in [3.63, 3.8) is 0 Å². The molecule has 3 atom stereocenters. The van der Waals surface area contributed by atoms with E-state index in [1.165, 1.54) is 24.3 Å². The third-order valence-corrected chi connectivity index (χ3v) is 6.52. The Hall–Kier alpha value is -3.86. The Morgan fingerprint density at radius 2 is 1.87 bits per heavy atom. The van der Waals surface area contributed by atoms with Gasteiger partial charge < -0.3 is 19.9 Å². The topological polar surface area (TPSA) is 142 Å². The van der Waals surface area contributed by atoms with Crippen LogP contribution < -0.4 is 5.32 Å². The maximum atomic E-state index is 13.3. The van der Waals surface area contributed by atoms with Gasteiger partial charge in [-0.3, -0.25) is 14.7 Å². The molecule has 2 heterocycles. The second-order valence-corrected chi connectivity index (χ2v) is 10.5. The number of hydrogen-bond donors (Lipinski definition) is 3. The van der Waals surface area contributed by atoms with Crippen LogP contribution in [0.2, 0.25) is 0 Å². The van der Waals surface area contributed by atoms with E-state index in [0.717, 1.165) is 16.9 Å². The highest BCUT2D eigenvalue weighted by Gasteiger charge is 2.43. The monoisotopic (exact) mass is 541 g/mol. The molecule has 0 spiro atoms. The van der Waals surface area contributed by atoms with Gasteiger partial charge in [0, 0.05) is 37.0 Å². The van der Waals surface area contributed by atoms with Gasteiger partial charge in [0.2, 0.25) is 11.8 Å². The summed E-state index contributed by atoms with van der Waals surface area (Å²) < 4.78 is 19.1. The number of halogens is 1. The molecule has 210 valence electrons. The molecule has 3 rings (SSSR count). The van der Waals surface area contributed by atoms with Crippen molar-refractivity contribution in [2.24, 2.45) is 5.41 Å². The van der Waals surface area contributed by atoms with E-state index in [4.69, 9.17) is 4.42 Å². The number of carbonyl (C=O) groups is 2. The summed E-state index contributed by atoms with van der Waals surface area (Å²) in [6.45, 7) is 7.71. The van der Waals surface area contributed by atoms with E-state index in [-0.39, 0.29) is 31.2 Å². The average Bonchev–Trinajstić information content (AvgIpc) is 3.37. The van der Waals surface area contributed by atoms with Crippen molar-refractivity contribution in [3.8, 4) is 11.5 Å². The number of unbranched alkanes of at least 4 members (excludes halogenated alkanes) is 1. The fourth-order valence-electron chi connectivity index (χ4n) is 4.37. The SMILES string of the molecule is CCCC[C@@H]([C@@H](O)C(=O)NCc1cccnc1)N(C(=O)O)[C@H](Cc1nnc(-c2ccc(F)cc2)o1)C(C)(C)C. The van der Waals surface area contributed by atoms with Crippen LogP contribution in [0.1, 0.15) is 58.4 Å². The minimum absolute atomic E-state index is 0.0522. The molecule has 0 unspecified atom stereocenters. The molecule has 3 aromatic rings. The van der Waals surface area contributed by atoms with Crippen LogP contribution in [-0.2, 0) is 17.8 Å². The molecule has 0 radical (unpaired) electrons. The van der Waals surface area contributed by atoms with Crippen molar-refractivity contribution in [1.82, 2.24) is 25.4 Å². The maximum Gasteiger partial charge on any atom is 0.407 e. The molecule has 10 nitrogen and oxygen atoms in total. The van der Waals surface area contributed by atoms with Gasteiger partial charge in [0.1, 0.15) is 5.82 Å². The highest BCUT2D eigenvalue weighted by Crippen LogP contribution is 2.32. The number of amides is 2. The fourth-order valence-corrected chi connectivity index (χ4v) is 4.37. The van der Waals surface area contributed by atoms with Crippen molar-refractivity contribution in [2.75, 3.05) is 0 Å². The van der Waals surface area contributed by atoms with Crippen LogP contribution in [0.15, 0.2) is 53.2 Å². The standard InChI is InChI=1S/C28H36FN5O5/c1-5-6-9-21(24(35)25(36)31-17-18-8-7-14-30-16-18)34(27(37)38)22(28(2,3)4)15-23-32-33-26(39-23)19-10-12-20(29)13-11-19/h7-8,10-14,16,21-22,24,35H,5-6,9,15,17H2,1-4H3,(H,31,36)(H,37,38)/t21-,22+,24+/m0/s1. The molecule has 0 aliphatic rings. The second kappa shape index (κ2) is 13.3. The largest absolute Gasteiger partial charge is 0.465 e. The summed E-state index contributed by atoms with van der Waals surface area (Å²) in [5, 5.41) is 32.3. The summed E-state index contributed by atoms with van der Waals surface area (Å²) in [4.78, 5) is 30.9. The van der Waals surface area contributed by atoms with Crippen LogP contribution in [0.5, 0.6) is 0 Å². The zero-order valence-electron chi connectivity index (χ0n) is 22.7. The number of nitrogens with zero attached hydrogens (tertiary/aromatic N) is 4. The van der Waals surface area contributed by atoms with Gasteiger partial charge in [0.25, 0.3) is 5.91 Å². The van der Waals surface area contributed by atoms with Gasteiger partial charge in [-0.2, -0.15) is 0 Å². The molecule has 0 saturated carbocycles. The van der Waals surface area contributed by atoms with Crippen LogP contribution in [0.3, 0.4) is 0 Å². The fraction of sp³-hybridized carbons (Fsp3) is 0.464. The highest BCUT2D eigenvalue weighted by molar-refractivity contribution is 5.82. The molecule has 3 N–H and O–H groups in total. The van der Waals surface area contributed by atoms with Crippen LogP contribution >= 0.6 is 0 Å². The normalized spacial score (nSPS) is 13.9. The van der Waals surface area contributed by atoms with Crippen LogP contribution in [0.4, 0.5) is 9.18 Å². The number of aromatic nitrogens is 3. The van der Waals surface area contributed by atoms with E-state index >= 15 is 0 Å². The van der Waals surface area contributed by atoms with Gasteiger partial charge in [-0.05, 0) is 47.7 Å². The van der Waals surface area contributed by atoms with Gasteiger partial charge in [0.15, 0.2) is 6.10 Å². The number of aliphatic hydroxyl groups excluding tert-OH is 1. The smallest absolute Gasteiger partial charge is 0.407 e. The number of carboxylic acid groups (broad SMARTS) is 1. The number of nitrogens with one attached hydrogen (secondary N) is 1. The number of carbonyl (C=O) groups excluding carboxylic acids is 1. The predicted octanol–water partition coefficient (Wildman–Crippen LogP) is 4.44. The van der Waals surface area contributed by atoms with Crippen LogP contribution in [0, 0.1) is 11.2 Å². The minimum Gasteiger partial charge on any atom is -0.465 e. The summed E-state index contributed by atoms with van der Waals surface area (Å²) in [6, 6.07) is 7.38. The molecule has 11 heteroatoms. The quantitative estimate of drug-likeness (QED) is 0.305. The molecule has 0 aliphatic heterocycles. The van der Waals surface area contributed by atoms with E-state index in [2.05, 4.69) is 20.5 Å². The molecule has 2 aromatic heterocycles. The average molecular weight is 542 g/mol. The summed E-state index contributed by atoms with van der Waals surface area (Å²) in [5.74, 6) is -0.707. The Morgan fingerprint density at radius 3 is 2.46 bits per heavy atom. The van der Waals surface area contributed by atoms with Crippen molar-refractivity contribution in [1.29, 1.82) is 0 Å². The molecular formula is C28H36FN5O5. The summed E-state index contributed by atoms with van der Waals surface area (Å²) in [7, 11) is 0. The number of benzene rings is 1. The summed E-state index contributed by atoms with van der Waals surface area (Å²) >= 11 is 0. The number of hydrogen-bond acceptors (Lipinski definition) is 7. The first-order chi connectivity index (χ1) is 18.5. The van der Waals surface area contributed by atoms with E-state index in [9.17, 15) is 24.2 Å². The minimum atomic E-state index is -1.60. The molecule has 0 saturated heterocycles. The van der Waals surface area contributed by atoms with Crippen LogP contribution in [0.25, 0.3) is 11.5 Å². The number of pyridine rings is 1. The highest BCUT2D eigenvalue weighted by atomic mass is 19.1. The van der Waals surface area contributed by atoms with Crippen molar-refractivity contribution in [3.05, 3.63) is 66.1 Å². The Kier molecular flexibility index (Phi) is 10.1. The molecule has 0 fully saturated rings. The molecule has 0 aliphatic carbocycles. The lowest BCUT2D eigenvalue weighted by molar-refractivity contribution is -0.134. The number of rotatable bonds is 12. The third-order valence-electron chi connectivity index (χ3n) is 6.52. The Bertz CT molecular complexity index is 1210. The van der Waals surface area contributed by atoms with Gasteiger partial charge in [-0.25, -0.2) is 9.18 Å². The molecule has 39 heavy (non-hydrogen) atoms. The van der Waals surface area contributed by atoms with Gasteiger partial charge in [-0.1, -0.05) is 46.6 Å². The predicted molar refractivity (Wildman–Crippen MR) is 142 cm³/mol. The molecule has 1 aromatic carbocycles. The zero-order valence-corrected chi connectivity index (χ0v) is 22.7. The lowest BCUT2D eigenvalue weighted by atomic mass is 9.82. The van der Waals surface area contributed by atoms with E-state index in [1.54, 1.807) is 24.5 Å². The second-order valence-electron chi connectivity index (χ2n) is 10.5. The van der Waals surface area contributed by atoms with Gasteiger partial charge in [0.05, 0.1) is 6.04 Å². The van der Waals surface area contributed by atoms with Crippen LogP contribution in [-0.4, -0.2) is 60.5 Å². The van der Waals surface area contributed by atoms with Crippen molar-refractivity contribution in [2.45, 2.75) is 78.1 Å². The van der Waals surface area contributed by atoms with E-state index in [1.807, 2.05) is 27.7 Å². The lowest BCUT2D eigenvalue weighted by Gasteiger charge is -2.43. The maximum absolute atomic E-state index is 13.3. The van der Waals surface area contributed by atoms with Gasteiger partial charge >= 0.3 is 6.09 Å². The molecule has 2 amide bonds. The molecule has 0 bridgehead atoms. The summed E-state index contributed by atoms with van der Waals surface area (Å²) in [6.07, 6.45) is 2.03. The van der Waals surface area contributed by atoms with E-state index < -0.39 is 41.4 Å². The first kappa shape index (κ1) is 29.7. The molecular weight excluding hydrogens is 505 g/mol. The third kappa shape index (κ3) is 8.06. The van der Waals surface area contributed by atoms with Crippen molar-refractivity contribution >= 4 is 12.0 Å².